The number of likely N-dealkylation sites (N-methyl/N-ethyl adjacent to an activating group) is 1. The summed E-state index contributed by atoms with van der Waals surface area (Å²) in [5.41, 5.74) is 6.48. The number of amides is 1. The van der Waals surface area contributed by atoms with Gasteiger partial charge < -0.3 is 20.1 Å². The smallest absolute Gasteiger partial charge is 0.337 e. The highest BCUT2D eigenvalue weighted by Crippen LogP contribution is 2.27. The highest BCUT2D eigenvalue weighted by atomic mass is 16.5. The SMILES string of the molecule is CCN(C(=O)COc1ccc(C(=O)OC)cc1N)C1CC1. The van der Waals surface area contributed by atoms with Crippen molar-refractivity contribution in [2.45, 2.75) is 25.8 Å². The number of methoxy groups -OCH3 is 1. The molecule has 1 aliphatic rings. The number of nitrogens with two attached hydrogens (primary N) is 1. The van der Waals surface area contributed by atoms with Crippen LogP contribution in [-0.2, 0) is 9.53 Å². The summed E-state index contributed by atoms with van der Waals surface area (Å²) in [6, 6.07) is 4.97. The second-order valence-electron chi connectivity index (χ2n) is 4.94. The van der Waals surface area contributed by atoms with Crippen molar-refractivity contribution >= 4 is 17.6 Å². The fourth-order valence-corrected chi connectivity index (χ4v) is 2.17. The monoisotopic (exact) mass is 292 g/mol. The van der Waals surface area contributed by atoms with Crippen LogP contribution in [0.3, 0.4) is 0 Å². The van der Waals surface area contributed by atoms with Gasteiger partial charge in [0.1, 0.15) is 5.75 Å². The predicted molar refractivity (Wildman–Crippen MR) is 78.1 cm³/mol. The third-order valence-corrected chi connectivity index (χ3v) is 3.43. The summed E-state index contributed by atoms with van der Waals surface area (Å²) in [4.78, 5) is 25.2. The number of carbonyl (C=O) groups excluding carboxylic acids is 2. The molecular formula is C15H20N2O4. The van der Waals surface area contributed by atoms with Gasteiger partial charge in [-0.1, -0.05) is 0 Å². The molecule has 1 aliphatic carbocycles. The number of rotatable bonds is 6. The predicted octanol–water partition coefficient (Wildman–Crippen LogP) is 1.45. The minimum Gasteiger partial charge on any atom is -0.482 e. The van der Waals surface area contributed by atoms with Gasteiger partial charge in [-0.05, 0) is 38.0 Å². The molecule has 1 saturated carbocycles. The van der Waals surface area contributed by atoms with Crippen LogP contribution in [0.15, 0.2) is 18.2 Å². The number of ether oxygens (including phenoxy) is 2. The zero-order valence-corrected chi connectivity index (χ0v) is 12.3. The molecule has 0 atom stereocenters. The summed E-state index contributed by atoms with van der Waals surface area (Å²) < 4.78 is 10.1. The standard InChI is InChI=1S/C15H20N2O4/c1-3-17(11-5-6-11)14(18)9-21-13-7-4-10(8-12(13)16)15(19)20-2/h4,7-8,11H,3,5-6,9,16H2,1-2H3. The first-order valence-corrected chi connectivity index (χ1v) is 6.97. The lowest BCUT2D eigenvalue weighted by Crippen LogP contribution is -2.36. The summed E-state index contributed by atoms with van der Waals surface area (Å²) in [6.07, 6.45) is 2.13. The number of anilines is 1. The maximum absolute atomic E-state index is 12.0. The van der Waals surface area contributed by atoms with E-state index >= 15 is 0 Å². The molecule has 0 saturated heterocycles. The summed E-state index contributed by atoms with van der Waals surface area (Å²) in [5, 5.41) is 0. The maximum Gasteiger partial charge on any atom is 0.337 e. The van der Waals surface area contributed by atoms with E-state index in [9.17, 15) is 9.59 Å². The van der Waals surface area contributed by atoms with Gasteiger partial charge in [0.05, 0.1) is 18.4 Å². The van der Waals surface area contributed by atoms with E-state index in [-0.39, 0.29) is 12.5 Å². The number of esters is 1. The van der Waals surface area contributed by atoms with Crippen LogP contribution in [0, 0.1) is 0 Å². The lowest BCUT2D eigenvalue weighted by atomic mass is 10.2. The van der Waals surface area contributed by atoms with E-state index in [0.29, 0.717) is 29.6 Å². The molecule has 0 unspecified atom stereocenters. The molecule has 0 bridgehead atoms. The zero-order chi connectivity index (χ0) is 15.4. The lowest BCUT2D eigenvalue weighted by molar-refractivity contribution is -0.133. The molecule has 1 fully saturated rings. The Morgan fingerprint density at radius 3 is 2.62 bits per heavy atom. The summed E-state index contributed by atoms with van der Waals surface area (Å²) in [5.74, 6) is -0.116. The van der Waals surface area contributed by atoms with Crippen molar-refractivity contribution in [3.8, 4) is 5.75 Å². The van der Waals surface area contributed by atoms with E-state index < -0.39 is 5.97 Å². The summed E-state index contributed by atoms with van der Waals surface area (Å²) in [7, 11) is 1.30. The molecule has 0 radical (unpaired) electrons. The fourth-order valence-electron chi connectivity index (χ4n) is 2.17. The molecule has 1 aromatic carbocycles. The van der Waals surface area contributed by atoms with Crippen molar-refractivity contribution in [1.82, 2.24) is 4.90 Å². The van der Waals surface area contributed by atoms with Crippen molar-refractivity contribution in [2.75, 3.05) is 26.0 Å². The molecule has 114 valence electrons. The number of nitrogen functional groups attached to an aromatic ring is 1. The van der Waals surface area contributed by atoms with E-state index in [1.165, 1.54) is 13.2 Å². The quantitative estimate of drug-likeness (QED) is 0.634. The van der Waals surface area contributed by atoms with Crippen LogP contribution in [0.2, 0.25) is 0 Å². The first-order valence-electron chi connectivity index (χ1n) is 6.97. The molecule has 1 aromatic rings. The van der Waals surface area contributed by atoms with Gasteiger partial charge in [-0.3, -0.25) is 4.79 Å². The molecule has 0 spiro atoms. The van der Waals surface area contributed by atoms with Crippen LogP contribution in [0.1, 0.15) is 30.1 Å². The van der Waals surface area contributed by atoms with Gasteiger partial charge in [0.2, 0.25) is 0 Å². The minimum atomic E-state index is -0.463. The second-order valence-corrected chi connectivity index (χ2v) is 4.94. The van der Waals surface area contributed by atoms with Crippen LogP contribution < -0.4 is 10.5 Å². The number of benzene rings is 1. The molecule has 2 N–H and O–H groups in total. The number of carbonyl (C=O) groups is 2. The first-order chi connectivity index (χ1) is 10.1. The topological polar surface area (TPSA) is 81.9 Å². The Bertz CT molecular complexity index is 540. The van der Waals surface area contributed by atoms with Crippen LogP contribution in [0.4, 0.5) is 5.69 Å². The Morgan fingerprint density at radius 2 is 2.10 bits per heavy atom. The van der Waals surface area contributed by atoms with Crippen LogP contribution in [0.5, 0.6) is 5.75 Å². The van der Waals surface area contributed by atoms with Crippen molar-refractivity contribution in [3.63, 3.8) is 0 Å². The van der Waals surface area contributed by atoms with Gasteiger partial charge in [0, 0.05) is 12.6 Å². The Hall–Kier alpha value is -2.24. The Kier molecular flexibility index (Phi) is 4.67. The largest absolute Gasteiger partial charge is 0.482 e. The van der Waals surface area contributed by atoms with Gasteiger partial charge in [-0.15, -0.1) is 0 Å². The molecular weight excluding hydrogens is 272 g/mol. The van der Waals surface area contributed by atoms with E-state index in [4.69, 9.17) is 10.5 Å². The second kappa shape index (κ2) is 6.47. The van der Waals surface area contributed by atoms with E-state index in [0.717, 1.165) is 12.8 Å². The summed E-state index contributed by atoms with van der Waals surface area (Å²) in [6.45, 7) is 2.59. The highest BCUT2D eigenvalue weighted by molar-refractivity contribution is 5.91. The molecule has 6 nitrogen and oxygen atoms in total. The lowest BCUT2D eigenvalue weighted by Gasteiger charge is -2.20. The Balaban J connectivity index is 1.96. The van der Waals surface area contributed by atoms with E-state index in [1.54, 1.807) is 12.1 Å². The fraction of sp³-hybridized carbons (Fsp3) is 0.467. The molecule has 2 rings (SSSR count). The number of hydrogen-bond acceptors (Lipinski definition) is 5. The molecule has 21 heavy (non-hydrogen) atoms. The normalized spacial score (nSPS) is 13.6. The average Bonchev–Trinajstić information content (AvgIpc) is 3.30. The van der Waals surface area contributed by atoms with Crippen LogP contribution >= 0.6 is 0 Å². The number of nitrogens with zero attached hydrogens (tertiary/aromatic N) is 1. The first kappa shape index (κ1) is 15.2. The highest BCUT2D eigenvalue weighted by Gasteiger charge is 2.31. The third kappa shape index (κ3) is 3.65. The van der Waals surface area contributed by atoms with Crippen molar-refractivity contribution < 1.29 is 19.1 Å². The Morgan fingerprint density at radius 1 is 1.38 bits per heavy atom. The maximum atomic E-state index is 12.0. The van der Waals surface area contributed by atoms with Gasteiger partial charge >= 0.3 is 5.97 Å². The third-order valence-electron chi connectivity index (χ3n) is 3.43. The van der Waals surface area contributed by atoms with Crippen molar-refractivity contribution in [2.24, 2.45) is 0 Å². The van der Waals surface area contributed by atoms with Gasteiger partial charge in [-0.25, -0.2) is 4.79 Å². The van der Waals surface area contributed by atoms with E-state index in [1.807, 2.05) is 11.8 Å². The van der Waals surface area contributed by atoms with E-state index in [2.05, 4.69) is 4.74 Å². The molecule has 6 heteroatoms. The summed E-state index contributed by atoms with van der Waals surface area (Å²) >= 11 is 0. The van der Waals surface area contributed by atoms with Crippen molar-refractivity contribution in [1.29, 1.82) is 0 Å². The minimum absolute atomic E-state index is 0.0450. The van der Waals surface area contributed by atoms with Gasteiger partial charge in [-0.2, -0.15) is 0 Å². The van der Waals surface area contributed by atoms with Crippen LogP contribution in [0.25, 0.3) is 0 Å². The molecule has 1 amide bonds. The zero-order valence-electron chi connectivity index (χ0n) is 12.3. The van der Waals surface area contributed by atoms with Gasteiger partial charge in [0.15, 0.2) is 6.61 Å². The average molecular weight is 292 g/mol. The number of hydrogen-bond donors (Lipinski definition) is 1. The molecule has 0 aromatic heterocycles. The van der Waals surface area contributed by atoms with Crippen molar-refractivity contribution in [3.05, 3.63) is 23.8 Å². The van der Waals surface area contributed by atoms with Gasteiger partial charge in [0.25, 0.3) is 5.91 Å². The molecule has 0 aliphatic heterocycles. The molecule has 0 heterocycles. The Labute approximate surface area is 123 Å². The van der Waals surface area contributed by atoms with Crippen LogP contribution in [-0.4, -0.2) is 43.1 Å².